The van der Waals surface area contributed by atoms with Crippen LogP contribution in [0.2, 0.25) is 0 Å². The first kappa shape index (κ1) is 12.4. The minimum absolute atomic E-state index is 0.0363. The summed E-state index contributed by atoms with van der Waals surface area (Å²) >= 11 is 0. The molecule has 1 aromatic carbocycles. The van der Waals surface area contributed by atoms with Crippen LogP contribution in [0.15, 0.2) is 42.6 Å². The number of rotatable bonds is 4. The lowest BCUT2D eigenvalue weighted by atomic mass is 10.0. The molecule has 0 saturated carbocycles. The van der Waals surface area contributed by atoms with E-state index in [2.05, 4.69) is 5.10 Å². The molecule has 1 aromatic heterocycles. The number of aromatic nitrogens is 2. The second-order valence-corrected chi connectivity index (χ2v) is 4.98. The van der Waals surface area contributed by atoms with E-state index in [-0.39, 0.29) is 6.04 Å². The first-order valence-electron chi connectivity index (χ1n) is 6.81. The Morgan fingerprint density at radius 1 is 1.32 bits per heavy atom. The number of hydrogen-bond acceptors (Lipinski definition) is 3. The molecule has 100 valence electrons. The Labute approximate surface area is 113 Å². The second kappa shape index (κ2) is 5.55. The number of benzene rings is 1. The fourth-order valence-electron chi connectivity index (χ4n) is 2.61. The molecule has 19 heavy (non-hydrogen) atoms. The molecule has 3 rings (SSSR count). The van der Waals surface area contributed by atoms with E-state index in [0.717, 1.165) is 37.3 Å². The lowest BCUT2D eigenvalue weighted by Gasteiger charge is -2.17. The Hall–Kier alpha value is -1.65. The van der Waals surface area contributed by atoms with Gasteiger partial charge in [-0.3, -0.25) is 0 Å². The van der Waals surface area contributed by atoms with Gasteiger partial charge < -0.3 is 10.5 Å². The Balaban J connectivity index is 1.79. The molecule has 2 aromatic rings. The van der Waals surface area contributed by atoms with Crippen LogP contribution in [0.3, 0.4) is 0 Å². The van der Waals surface area contributed by atoms with Gasteiger partial charge in [-0.15, -0.1) is 0 Å². The minimum Gasteiger partial charge on any atom is -0.378 e. The summed E-state index contributed by atoms with van der Waals surface area (Å²) in [7, 11) is 0. The molecule has 0 radical (unpaired) electrons. The zero-order valence-corrected chi connectivity index (χ0v) is 10.9. The maximum absolute atomic E-state index is 6.32. The predicted molar refractivity (Wildman–Crippen MR) is 74.1 cm³/mol. The summed E-state index contributed by atoms with van der Waals surface area (Å²) in [6.45, 7) is 0.870. The van der Waals surface area contributed by atoms with Crippen molar-refractivity contribution in [1.82, 2.24) is 9.78 Å². The van der Waals surface area contributed by atoms with Gasteiger partial charge in [-0.05, 0) is 37.5 Å². The van der Waals surface area contributed by atoms with Crippen molar-refractivity contribution in [3.8, 4) is 5.69 Å². The molecule has 2 atom stereocenters. The number of nitrogens with zero attached hydrogens (tertiary/aromatic N) is 2. The summed E-state index contributed by atoms with van der Waals surface area (Å²) in [6.07, 6.45) is 5.23. The van der Waals surface area contributed by atoms with Gasteiger partial charge in [-0.25, -0.2) is 4.68 Å². The van der Waals surface area contributed by atoms with Crippen LogP contribution in [0.25, 0.3) is 5.69 Å². The maximum atomic E-state index is 6.32. The zero-order valence-electron chi connectivity index (χ0n) is 10.9. The van der Waals surface area contributed by atoms with Crippen molar-refractivity contribution >= 4 is 0 Å². The first-order chi connectivity index (χ1) is 9.34. The highest BCUT2D eigenvalue weighted by atomic mass is 16.5. The van der Waals surface area contributed by atoms with Gasteiger partial charge in [0.25, 0.3) is 0 Å². The van der Waals surface area contributed by atoms with Crippen molar-refractivity contribution in [2.24, 2.45) is 5.73 Å². The zero-order chi connectivity index (χ0) is 13.1. The van der Waals surface area contributed by atoms with Crippen LogP contribution in [0.5, 0.6) is 0 Å². The molecule has 0 amide bonds. The molecule has 2 unspecified atom stereocenters. The highest BCUT2D eigenvalue weighted by molar-refractivity contribution is 5.33. The fourth-order valence-corrected chi connectivity index (χ4v) is 2.61. The molecular weight excluding hydrogens is 238 g/mol. The normalized spacial score (nSPS) is 20.6. The van der Waals surface area contributed by atoms with Crippen molar-refractivity contribution in [1.29, 1.82) is 0 Å². The van der Waals surface area contributed by atoms with E-state index in [1.165, 1.54) is 0 Å². The average molecular weight is 257 g/mol. The largest absolute Gasteiger partial charge is 0.378 e. The van der Waals surface area contributed by atoms with Gasteiger partial charge >= 0.3 is 0 Å². The molecule has 0 bridgehead atoms. The van der Waals surface area contributed by atoms with Crippen molar-refractivity contribution < 1.29 is 4.74 Å². The number of nitrogens with two attached hydrogens (primary N) is 1. The predicted octanol–water partition coefficient (Wildman–Crippen LogP) is 2.44. The monoisotopic (exact) mass is 257 g/mol. The molecule has 4 nitrogen and oxygen atoms in total. The Morgan fingerprint density at radius 2 is 2.16 bits per heavy atom. The minimum atomic E-state index is -0.0363. The van der Waals surface area contributed by atoms with Gasteiger partial charge in [-0.2, -0.15) is 5.10 Å². The van der Waals surface area contributed by atoms with E-state index in [4.69, 9.17) is 10.5 Å². The summed E-state index contributed by atoms with van der Waals surface area (Å²) in [5.74, 6) is 0. The molecule has 1 aliphatic rings. The van der Waals surface area contributed by atoms with E-state index in [0.29, 0.717) is 6.10 Å². The van der Waals surface area contributed by atoms with Gasteiger partial charge in [0.2, 0.25) is 0 Å². The van der Waals surface area contributed by atoms with Crippen LogP contribution < -0.4 is 5.73 Å². The Kier molecular flexibility index (Phi) is 3.62. The van der Waals surface area contributed by atoms with Crippen LogP contribution in [0.4, 0.5) is 0 Å². The highest BCUT2D eigenvalue weighted by Gasteiger charge is 2.21. The van der Waals surface area contributed by atoms with E-state index in [9.17, 15) is 0 Å². The van der Waals surface area contributed by atoms with E-state index >= 15 is 0 Å². The van der Waals surface area contributed by atoms with Crippen LogP contribution in [0.1, 0.15) is 31.0 Å². The Bertz CT molecular complexity index is 517. The fraction of sp³-hybridized carbons (Fsp3) is 0.400. The lowest BCUT2D eigenvalue weighted by molar-refractivity contribution is 0.0978. The third-order valence-electron chi connectivity index (χ3n) is 3.59. The van der Waals surface area contributed by atoms with E-state index in [1.807, 2.05) is 41.1 Å². The van der Waals surface area contributed by atoms with Crippen molar-refractivity contribution in [2.45, 2.75) is 31.4 Å². The third-order valence-corrected chi connectivity index (χ3v) is 3.59. The highest BCUT2D eigenvalue weighted by Crippen LogP contribution is 2.24. The molecule has 4 heteroatoms. The third kappa shape index (κ3) is 2.69. The van der Waals surface area contributed by atoms with Crippen LogP contribution in [0, 0.1) is 0 Å². The van der Waals surface area contributed by atoms with Gasteiger partial charge in [0.1, 0.15) is 0 Å². The molecule has 0 aliphatic carbocycles. The maximum Gasteiger partial charge on any atom is 0.0649 e. The molecule has 1 saturated heterocycles. The molecule has 2 N–H and O–H groups in total. The van der Waals surface area contributed by atoms with Crippen LogP contribution in [-0.4, -0.2) is 22.5 Å². The SMILES string of the molecule is NC(CC1CCCO1)c1ccnn1-c1ccccc1. The van der Waals surface area contributed by atoms with Gasteiger partial charge in [0.05, 0.1) is 17.5 Å². The topological polar surface area (TPSA) is 53.1 Å². The number of hydrogen-bond donors (Lipinski definition) is 1. The molecule has 2 heterocycles. The summed E-state index contributed by atoms with van der Waals surface area (Å²) in [4.78, 5) is 0. The lowest BCUT2D eigenvalue weighted by Crippen LogP contribution is -2.21. The van der Waals surface area contributed by atoms with E-state index < -0.39 is 0 Å². The second-order valence-electron chi connectivity index (χ2n) is 4.98. The summed E-state index contributed by atoms with van der Waals surface area (Å²) in [5, 5.41) is 4.38. The first-order valence-corrected chi connectivity index (χ1v) is 6.81. The average Bonchev–Trinajstić information content (AvgIpc) is 3.10. The summed E-state index contributed by atoms with van der Waals surface area (Å²) < 4.78 is 7.57. The molecule has 0 spiro atoms. The smallest absolute Gasteiger partial charge is 0.0649 e. The van der Waals surface area contributed by atoms with Gasteiger partial charge in [0.15, 0.2) is 0 Å². The van der Waals surface area contributed by atoms with Crippen LogP contribution >= 0.6 is 0 Å². The van der Waals surface area contributed by atoms with Crippen molar-refractivity contribution in [2.75, 3.05) is 6.61 Å². The van der Waals surface area contributed by atoms with E-state index in [1.54, 1.807) is 6.20 Å². The number of para-hydroxylation sites is 1. The molecule has 1 aliphatic heterocycles. The van der Waals surface area contributed by atoms with Crippen molar-refractivity contribution in [3.63, 3.8) is 0 Å². The quantitative estimate of drug-likeness (QED) is 0.915. The van der Waals surface area contributed by atoms with Gasteiger partial charge in [-0.1, -0.05) is 18.2 Å². The number of ether oxygens (including phenoxy) is 1. The molecular formula is C15H19N3O. The summed E-state index contributed by atoms with van der Waals surface area (Å²) in [6, 6.07) is 12.0. The van der Waals surface area contributed by atoms with Crippen molar-refractivity contribution in [3.05, 3.63) is 48.3 Å². The standard InChI is InChI=1S/C15H19N3O/c16-14(11-13-7-4-10-19-13)15-8-9-17-18(15)12-5-2-1-3-6-12/h1-3,5-6,8-9,13-14H,4,7,10-11,16H2. The van der Waals surface area contributed by atoms with Crippen LogP contribution in [-0.2, 0) is 4.74 Å². The summed E-state index contributed by atoms with van der Waals surface area (Å²) in [5.41, 5.74) is 8.41. The molecule has 1 fully saturated rings. The Morgan fingerprint density at radius 3 is 2.89 bits per heavy atom. The van der Waals surface area contributed by atoms with Gasteiger partial charge in [0, 0.05) is 18.8 Å².